The Bertz CT molecular complexity index is 500. The summed E-state index contributed by atoms with van der Waals surface area (Å²) in [6.07, 6.45) is 3.84. The van der Waals surface area contributed by atoms with Crippen molar-refractivity contribution in [3.05, 3.63) is 34.2 Å². The molecule has 1 atom stereocenters. The van der Waals surface area contributed by atoms with Crippen molar-refractivity contribution in [2.24, 2.45) is 5.73 Å². The summed E-state index contributed by atoms with van der Waals surface area (Å²) < 4.78 is 5.14. The Hall–Kier alpha value is -1.53. The van der Waals surface area contributed by atoms with E-state index in [-0.39, 0.29) is 6.04 Å². The Morgan fingerprint density at radius 3 is 2.82 bits per heavy atom. The number of methoxy groups -OCH3 is 1. The van der Waals surface area contributed by atoms with E-state index in [9.17, 15) is 0 Å². The molecule has 2 heterocycles. The Kier molecular flexibility index (Phi) is 3.65. The highest BCUT2D eigenvalue weighted by Crippen LogP contribution is 2.21. The zero-order valence-corrected chi connectivity index (χ0v) is 10.6. The summed E-state index contributed by atoms with van der Waals surface area (Å²) in [6, 6.07) is -0.250. The van der Waals surface area contributed by atoms with Crippen LogP contribution in [0.2, 0.25) is 0 Å². The SMILES string of the molecule is COc1nccnc1C(N)Cc1csc(C)n1. The number of nitrogens with two attached hydrogens (primary N) is 1. The molecule has 90 valence electrons. The lowest BCUT2D eigenvalue weighted by molar-refractivity contribution is 0.384. The molecule has 6 heteroatoms. The van der Waals surface area contributed by atoms with E-state index in [1.807, 2.05) is 12.3 Å². The fraction of sp³-hybridized carbons (Fsp3) is 0.364. The van der Waals surface area contributed by atoms with E-state index in [0.29, 0.717) is 18.0 Å². The molecular formula is C11H14N4OS. The van der Waals surface area contributed by atoms with E-state index in [4.69, 9.17) is 10.5 Å². The second-order valence-electron chi connectivity index (χ2n) is 3.62. The van der Waals surface area contributed by atoms with Crippen molar-refractivity contribution < 1.29 is 4.74 Å². The summed E-state index contributed by atoms with van der Waals surface area (Å²) in [5, 5.41) is 3.05. The lowest BCUT2D eigenvalue weighted by atomic mass is 10.1. The van der Waals surface area contributed by atoms with Gasteiger partial charge in [0.2, 0.25) is 5.88 Å². The molecule has 2 rings (SSSR count). The molecule has 17 heavy (non-hydrogen) atoms. The highest BCUT2D eigenvalue weighted by Gasteiger charge is 2.16. The molecule has 5 nitrogen and oxygen atoms in total. The summed E-state index contributed by atoms with van der Waals surface area (Å²) in [6.45, 7) is 1.97. The molecule has 0 amide bonds. The van der Waals surface area contributed by atoms with Crippen molar-refractivity contribution in [2.45, 2.75) is 19.4 Å². The third kappa shape index (κ3) is 2.78. The Morgan fingerprint density at radius 1 is 1.41 bits per heavy atom. The van der Waals surface area contributed by atoms with Gasteiger partial charge in [-0.1, -0.05) is 0 Å². The Labute approximate surface area is 104 Å². The van der Waals surface area contributed by atoms with Gasteiger partial charge in [0.1, 0.15) is 5.69 Å². The maximum absolute atomic E-state index is 6.09. The van der Waals surface area contributed by atoms with Gasteiger partial charge in [0.15, 0.2) is 0 Å². The average Bonchev–Trinajstić information content (AvgIpc) is 2.74. The zero-order valence-electron chi connectivity index (χ0n) is 9.75. The van der Waals surface area contributed by atoms with E-state index < -0.39 is 0 Å². The number of aromatic nitrogens is 3. The number of hydrogen-bond acceptors (Lipinski definition) is 6. The monoisotopic (exact) mass is 250 g/mol. The van der Waals surface area contributed by atoms with Crippen LogP contribution in [-0.4, -0.2) is 22.1 Å². The van der Waals surface area contributed by atoms with Gasteiger partial charge in [0.05, 0.1) is 23.9 Å². The minimum absolute atomic E-state index is 0.250. The molecule has 2 aromatic rings. The van der Waals surface area contributed by atoms with Crippen LogP contribution in [0.5, 0.6) is 5.88 Å². The third-order valence-corrected chi connectivity index (χ3v) is 3.15. The second-order valence-corrected chi connectivity index (χ2v) is 4.68. The number of rotatable bonds is 4. The first-order chi connectivity index (χ1) is 8.20. The van der Waals surface area contributed by atoms with Gasteiger partial charge in [-0.3, -0.25) is 4.98 Å². The quantitative estimate of drug-likeness (QED) is 0.890. The van der Waals surface area contributed by atoms with Gasteiger partial charge in [-0.05, 0) is 6.92 Å². The first kappa shape index (κ1) is 11.9. The topological polar surface area (TPSA) is 73.9 Å². The minimum Gasteiger partial charge on any atom is -0.480 e. The van der Waals surface area contributed by atoms with Gasteiger partial charge in [-0.25, -0.2) is 9.97 Å². The molecule has 2 aromatic heterocycles. The van der Waals surface area contributed by atoms with E-state index in [1.165, 1.54) is 0 Å². The highest BCUT2D eigenvalue weighted by atomic mass is 32.1. The molecule has 0 aliphatic carbocycles. The molecule has 0 fully saturated rings. The summed E-state index contributed by atoms with van der Waals surface area (Å²) in [5.74, 6) is 0.479. The lowest BCUT2D eigenvalue weighted by Gasteiger charge is -2.11. The molecule has 0 bridgehead atoms. The van der Waals surface area contributed by atoms with Gasteiger partial charge in [0.25, 0.3) is 0 Å². The lowest BCUT2D eigenvalue weighted by Crippen LogP contribution is -2.16. The molecule has 0 saturated carbocycles. The van der Waals surface area contributed by atoms with Gasteiger partial charge in [0, 0.05) is 24.2 Å². The third-order valence-electron chi connectivity index (χ3n) is 2.33. The van der Waals surface area contributed by atoms with Crippen molar-refractivity contribution in [3.8, 4) is 5.88 Å². The summed E-state index contributed by atoms with van der Waals surface area (Å²) in [4.78, 5) is 12.7. The van der Waals surface area contributed by atoms with Crippen LogP contribution in [0.25, 0.3) is 0 Å². The maximum atomic E-state index is 6.09. The standard InChI is InChI=1S/C11H14N4OS/c1-7-15-8(6-17-7)5-9(12)10-11(16-2)14-4-3-13-10/h3-4,6,9H,5,12H2,1-2H3. The van der Waals surface area contributed by atoms with Crippen LogP contribution in [-0.2, 0) is 6.42 Å². The van der Waals surface area contributed by atoms with E-state index in [0.717, 1.165) is 10.7 Å². The predicted molar refractivity (Wildman–Crippen MR) is 66.1 cm³/mol. The number of thiazole rings is 1. The number of nitrogens with zero attached hydrogens (tertiary/aromatic N) is 3. The number of aryl methyl sites for hydroxylation is 1. The van der Waals surface area contributed by atoms with E-state index >= 15 is 0 Å². The van der Waals surface area contributed by atoms with Gasteiger partial charge in [-0.15, -0.1) is 11.3 Å². The van der Waals surface area contributed by atoms with E-state index in [1.54, 1.807) is 30.8 Å². The second kappa shape index (κ2) is 5.20. The van der Waals surface area contributed by atoms with Crippen LogP contribution in [0, 0.1) is 6.92 Å². The van der Waals surface area contributed by atoms with Crippen LogP contribution in [0.15, 0.2) is 17.8 Å². The van der Waals surface area contributed by atoms with Crippen LogP contribution in [0.3, 0.4) is 0 Å². The number of hydrogen-bond donors (Lipinski definition) is 1. The molecule has 0 saturated heterocycles. The molecule has 0 aliphatic heterocycles. The fourth-order valence-corrected chi connectivity index (χ4v) is 2.20. The number of ether oxygens (including phenoxy) is 1. The van der Waals surface area contributed by atoms with Crippen molar-refractivity contribution in [3.63, 3.8) is 0 Å². The van der Waals surface area contributed by atoms with Gasteiger partial charge in [-0.2, -0.15) is 0 Å². The largest absolute Gasteiger partial charge is 0.480 e. The zero-order chi connectivity index (χ0) is 12.3. The summed E-state index contributed by atoms with van der Waals surface area (Å²) in [7, 11) is 1.56. The van der Waals surface area contributed by atoms with Crippen molar-refractivity contribution >= 4 is 11.3 Å². The van der Waals surface area contributed by atoms with Crippen molar-refractivity contribution in [2.75, 3.05) is 7.11 Å². The first-order valence-electron chi connectivity index (χ1n) is 5.22. The molecule has 0 aliphatic rings. The van der Waals surface area contributed by atoms with Gasteiger partial charge < -0.3 is 10.5 Å². The van der Waals surface area contributed by atoms with Gasteiger partial charge >= 0.3 is 0 Å². The normalized spacial score (nSPS) is 12.4. The molecule has 0 radical (unpaired) electrons. The van der Waals surface area contributed by atoms with Crippen LogP contribution >= 0.6 is 11.3 Å². The molecule has 1 unspecified atom stereocenters. The highest BCUT2D eigenvalue weighted by molar-refractivity contribution is 7.09. The Morgan fingerprint density at radius 2 is 2.18 bits per heavy atom. The smallest absolute Gasteiger partial charge is 0.237 e. The summed E-state index contributed by atoms with van der Waals surface area (Å²) in [5.41, 5.74) is 7.74. The Balaban J connectivity index is 2.16. The van der Waals surface area contributed by atoms with E-state index in [2.05, 4.69) is 15.0 Å². The first-order valence-corrected chi connectivity index (χ1v) is 6.10. The summed E-state index contributed by atoms with van der Waals surface area (Å²) >= 11 is 1.62. The minimum atomic E-state index is -0.250. The van der Waals surface area contributed by atoms with Crippen molar-refractivity contribution in [1.29, 1.82) is 0 Å². The molecular weight excluding hydrogens is 236 g/mol. The van der Waals surface area contributed by atoms with Crippen LogP contribution in [0.1, 0.15) is 22.4 Å². The molecule has 0 spiro atoms. The van der Waals surface area contributed by atoms with Crippen molar-refractivity contribution in [1.82, 2.24) is 15.0 Å². The maximum Gasteiger partial charge on any atom is 0.237 e. The van der Waals surface area contributed by atoms with Crippen LogP contribution < -0.4 is 10.5 Å². The molecule has 0 aromatic carbocycles. The average molecular weight is 250 g/mol. The van der Waals surface area contributed by atoms with Crippen LogP contribution in [0.4, 0.5) is 0 Å². The predicted octanol–water partition coefficient (Wildman–Crippen LogP) is 1.49. The fourth-order valence-electron chi connectivity index (χ4n) is 1.57. The molecule has 2 N–H and O–H groups in total.